The molecule has 6 nitrogen and oxygen atoms in total. The third-order valence-electron chi connectivity index (χ3n) is 2.51. The predicted molar refractivity (Wildman–Crippen MR) is 72.0 cm³/mol. The SMILES string of the molecule is COC(COc1cc(N=C=O)c(F)cc1Cl)=C(C)C(=O)O. The second-order valence-electron chi connectivity index (χ2n) is 3.78. The van der Waals surface area contributed by atoms with Crippen LogP contribution in [-0.4, -0.2) is 30.9 Å². The van der Waals surface area contributed by atoms with Gasteiger partial charge in [-0.05, 0) is 13.0 Å². The van der Waals surface area contributed by atoms with Crippen LogP contribution >= 0.6 is 11.6 Å². The van der Waals surface area contributed by atoms with Crippen LogP contribution in [0.5, 0.6) is 5.75 Å². The number of rotatable bonds is 6. The maximum Gasteiger partial charge on any atom is 0.334 e. The first kappa shape index (κ1) is 16.7. The topological polar surface area (TPSA) is 85.2 Å². The number of aliphatic carboxylic acids is 1. The molecule has 1 aromatic rings. The Labute approximate surface area is 124 Å². The van der Waals surface area contributed by atoms with E-state index in [4.69, 9.17) is 26.2 Å². The van der Waals surface area contributed by atoms with Gasteiger partial charge in [0.15, 0.2) is 5.82 Å². The highest BCUT2D eigenvalue weighted by atomic mass is 35.5. The second-order valence-corrected chi connectivity index (χ2v) is 4.19. The lowest BCUT2D eigenvalue weighted by atomic mass is 10.2. The average Bonchev–Trinajstić information content (AvgIpc) is 2.43. The van der Waals surface area contributed by atoms with Crippen LogP contribution in [0.1, 0.15) is 6.92 Å². The number of benzene rings is 1. The molecule has 0 aliphatic rings. The molecule has 112 valence electrons. The molecule has 0 saturated carbocycles. The number of aliphatic imine (C=N–C) groups is 1. The number of hydrogen-bond acceptors (Lipinski definition) is 5. The van der Waals surface area contributed by atoms with Crippen molar-refractivity contribution in [2.45, 2.75) is 6.92 Å². The van der Waals surface area contributed by atoms with Crippen LogP contribution in [-0.2, 0) is 14.3 Å². The summed E-state index contributed by atoms with van der Waals surface area (Å²) in [5.74, 6) is -1.87. The maximum atomic E-state index is 13.4. The summed E-state index contributed by atoms with van der Waals surface area (Å²) in [6.45, 7) is 1.11. The normalized spacial score (nSPS) is 11.2. The number of carboxylic acids is 1. The van der Waals surface area contributed by atoms with Crippen molar-refractivity contribution in [1.29, 1.82) is 0 Å². The smallest absolute Gasteiger partial charge is 0.334 e. The zero-order chi connectivity index (χ0) is 16.0. The van der Waals surface area contributed by atoms with Crippen LogP contribution in [0.3, 0.4) is 0 Å². The quantitative estimate of drug-likeness (QED) is 0.377. The fraction of sp³-hybridized carbons (Fsp3) is 0.231. The Morgan fingerprint density at radius 2 is 2.19 bits per heavy atom. The van der Waals surface area contributed by atoms with Gasteiger partial charge in [0.25, 0.3) is 0 Å². The number of methoxy groups -OCH3 is 1. The summed E-state index contributed by atoms with van der Waals surface area (Å²) in [4.78, 5) is 24.2. The van der Waals surface area contributed by atoms with Gasteiger partial charge in [0.05, 0.1) is 17.7 Å². The van der Waals surface area contributed by atoms with Gasteiger partial charge in [-0.1, -0.05) is 11.6 Å². The Morgan fingerprint density at radius 1 is 1.52 bits per heavy atom. The standard InChI is InChI=1S/C13H11ClFNO5/c1-7(13(18)19)12(20-2)5-21-11-4-10(16-6-17)9(15)3-8(11)14/h3-4H,5H2,1-2H3,(H,18,19). The van der Waals surface area contributed by atoms with E-state index in [0.717, 1.165) is 12.1 Å². The van der Waals surface area contributed by atoms with E-state index in [1.54, 1.807) is 0 Å². The lowest BCUT2D eigenvalue weighted by Crippen LogP contribution is -2.10. The number of isocyanates is 1. The van der Waals surface area contributed by atoms with Gasteiger partial charge in [-0.15, -0.1) is 0 Å². The van der Waals surface area contributed by atoms with Crippen molar-refractivity contribution in [3.05, 3.63) is 34.3 Å². The number of ether oxygens (including phenoxy) is 2. The average molecular weight is 316 g/mol. The molecule has 0 amide bonds. The summed E-state index contributed by atoms with van der Waals surface area (Å²) in [6.07, 6.45) is 1.21. The van der Waals surface area contributed by atoms with Crippen LogP contribution in [0.2, 0.25) is 5.02 Å². The highest BCUT2D eigenvalue weighted by molar-refractivity contribution is 6.32. The van der Waals surface area contributed by atoms with Crippen molar-refractivity contribution in [2.24, 2.45) is 4.99 Å². The van der Waals surface area contributed by atoms with Crippen LogP contribution < -0.4 is 4.74 Å². The first-order valence-corrected chi connectivity index (χ1v) is 5.95. The fourth-order valence-corrected chi connectivity index (χ4v) is 1.55. The molecule has 0 radical (unpaired) electrons. The van der Waals surface area contributed by atoms with E-state index in [9.17, 15) is 14.0 Å². The van der Waals surface area contributed by atoms with E-state index in [1.807, 2.05) is 0 Å². The van der Waals surface area contributed by atoms with Crippen molar-refractivity contribution in [1.82, 2.24) is 0 Å². The van der Waals surface area contributed by atoms with Gasteiger partial charge in [-0.2, -0.15) is 4.99 Å². The fourth-order valence-electron chi connectivity index (χ4n) is 1.35. The third kappa shape index (κ3) is 4.30. The van der Waals surface area contributed by atoms with E-state index >= 15 is 0 Å². The molecular formula is C13H11ClFNO5. The molecule has 1 N–H and O–H groups in total. The number of carboxylic acid groups (broad SMARTS) is 1. The van der Waals surface area contributed by atoms with Gasteiger partial charge in [0, 0.05) is 6.07 Å². The number of carbonyl (C=O) groups excluding carboxylic acids is 1. The monoisotopic (exact) mass is 315 g/mol. The van der Waals surface area contributed by atoms with E-state index < -0.39 is 11.8 Å². The minimum atomic E-state index is -1.16. The maximum absolute atomic E-state index is 13.4. The first-order chi connectivity index (χ1) is 9.90. The Morgan fingerprint density at radius 3 is 2.71 bits per heavy atom. The minimum Gasteiger partial charge on any atom is -0.497 e. The Kier molecular flexibility index (Phi) is 5.90. The molecule has 0 aliphatic heterocycles. The molecule has 0 heterocycles. The minimum absolute atomic E-state index is 0.0276. The van der Waals surface area contributed by atoms with Crippen molar-refractivity contribution in [3.8, 4) is 5.75 Å². The Bertz CT molecular complexity index is 638. The molecule has 0 bridgehead atoms. The molecule has 0 aliphatic carbocycles. The van der Waals surface area contributed by atoms with Crippen molar-refractivity contribution < 1.29 is 28.6 Å². The number of hydrogen-bond donors (Lipinski definition) is 1. The van der Waals surface area contributed by atoms with Crippen molar-refractivity contribution in [2.75, 3.05) is 13.7 Å². The summed E-state index contributed by atoms with van der Waals surface area (Å²) in [5, 5.41) is 8.80. The zero-order valence-electron chi connectivity index (χ0n) is 11.1. The Balaban J connectivity index is 3.03. The van der Waals surface area contributed by atoms with E-state index in [0.29, 0.717) is 0 Å². The van der Waals surface area contributed by atoms with Gasteiger partial charge in [-0.3, -0.25) is 0 Å². The highest BCUT2D eigenvalue weighted by Gasteiger charge is 2.14. The number of carbonyl (C=O) groups is 1. The molecule has 0 aromatic heterocycles. The second kappa shape index (κ2) is 7.42. The van der Waals surface area contributed by atoms with E-state index in [1.165, 1.54) is 20.1 Å². The van der Waals surface area contributed by atoms with Gasteiger partial charge >= 0.3 is 5.97 Å². The van der Waals surface area contributed by atoms with E-state index in [2.05, 4.69) is 4.99 Å². The molecule has 0 unspecified atom stereocenters. The predicted octanol–water partition coefficient (Wildman–Crippen LogP) is 2.83. The van der Waals surface area contributed by atoms with Crippen molar-refractivity contribution >= 4 is 29.3 Å². The molecule has 0 saturated heterocycles. The molecule has 8 heteroatoms. The first-order valence-electron chi connectivity index (χ1n) is 5.57. The summed E-state index contributed by atoms with van der Waals surface area (Å²) in [7, 11) is 1.29. The summed E-state index contributed by atoms with van der Waals surface area (Å²) in [5.41, 5.74) is -0.329. The highest BCUT2D eigenvalue weighted by Crippen LogP contribution is 2.32. The lowest BCUT2D eigenvalue weighted by molar-refractivity contribution is -0.132. The summed E-state index contributed by atoms with van der Waals surface area (Å²) < 4.78 is 23.6. The number of halogens is 2. The zero-order valence-corrected chi connectivity index (χ0v) is 11.9. The van der Waals surface area contributed by atoms with E-state index in [-0.39, 0.29) is 34.4 Å². The lowest BCUT2D eigenvalue weighted by Gasteiger charge is -2.12. The van der Waals surface area contributed by atoms with Gasteiger partial charge in [0.2, 0.25) is 6.08 Å². The van der Waals surface area contributed by atoms with Crippen LogP contribution in [0, 0.1) is 5.82 Å². The van der Waals surface area contributed by atoms with Crippen LogP contribution in [0.25, 0.3) is 0 Å². The molecular weight excluding hydrogens is 305 g/mol. The molecule has 0 fully saturated rings. The van der Waals surface area contributed by atoms with Crippen LogP contribution in [0.4, 0.5) is 10.1 Å². The summed E-state index contributed by atoms with van der Waals surface area (Å²) in [6, 6.07) is 2.03. The van der Waals surface area contributed by atoms with Crippen molar-refractivity contribution in [3.63, 3.8) is 0 Å². The summed E-state index contributed by atoms with van der Waals surface area (Å²) >= 11 is 5.79. The largest absolute Gasteiger partial charge is 0.497 e. The van der Waals surface area contributed by atoms with Gasteiger partial charge < -0.3 is 14.6 Å². The molecule has 0 atom stereocenters. The molecule has 1 aromatic carbocycles. The number of nitrogens with zero attached hydrogens (tertiary/aromatic N) is 1. The van der Waals surface area contributed by atoms with Gasteiger partial charge in [0.1, 0.15) is 23.8 Å². The third-order valence-corrected chi connectivity index (χ3v) is 2.81. The molecule has 1 rings (SSSR count). The molecule has 21 heavy (non-hydrogen) atoms. The van der Waals surface area contributed by atoms with Gasteiger partial charge in [-0.25, -0.2) is 14.0 Å². The molecule has 0 spiro atoms. The van der Waals surface area contributed by atoms with Crippen LogP contribution in [0.15, 0.2) is 28.5 Å². The Hall–Kier alpha value is -2.37.